The Kier molecular flexibility index (Phi) is 7.34. The van der Waals surface area contributed by atoms with Crippen LogP contribution in [0.15, 0.2) is 24.3 Å². The fourth-order valence-corrected chi connectivity index (χ4v) is 2.00. The zero-order valence-electron chi connectivity index (χ0n) is 11.6. The Morgan fingerprint density at radius 3 is 2.68 bits per heavy atom. The molecule has 0 bridgehead atoms. The fourth-order valence-electron chi connectivity index (χ4n) is 1.87. The van der Waals surface area contributed by atoms with E-state index in [4.69, 9.17) is 16.3 Å². The number of carbonyl (C=O) groups excluding carboxylic acids is 1. The van der Waals surface area contributed by atoms with E-state index in [1.165, 1.54) is 0 Å². The van der Waals surface area contributed by atoms with E-state index in [1.807, 2.05) is 12.1 Å². The van der Waals surface area contributed by atoms with Crippen molar-refractivity contribution in [1.29, 1.82) is 0 Å². The van der Waals surface area contributed by atoms with Gasteiger partial charge in [0, 0.05) is 11.4 Å². The maximum absolute atomic E-state index is 11.6. The molecule has 0 spiro atoms. The molecular formula is C15H22ClNO2. The highest BCUT2D eigenvalue weighted by molar-refractivity contribution is 6.30. The zero-order chi connectivity index (χ0) is 14.1. The van der Waals surface area contributed by atoms with Crippen LogP contribution in [0.25, 0.3) is 0 Å². The molecule has 1 N–H and O–H groups in total. The maximum Gasteiger partial charge on any atom is 0.220 e. The van der Waals surface area contributed by atoms with Crippen molar-refractivity contribution >= 4 is 17.5 Å². The first-order valence-electron chi connectivity index (χ1n) is 6.77. The van der Waals surface area contributed by atoms with Crippen LogP contribution in [0.5, 0.6) is 5.75 Å². The molecule has 0 fully saturated rings. The van der Waals surface area contributed by atoms with E-state index in [9.17, 15) is 4.79 Å². The van der Waals surface area contributed by atoms with Crippen LogP contribution in [-0.2, 0) is 4.79 Å². The summed E-state index contributed by atoms with van der Waals surface area (Å²) in [6.07, 6.45) is 2.80. The van der Waals surface area contributed by atoms with Crippen molar-refractivity contribution in [3.8, 4) is 5.75 Å². The molecule has 0 aliphatic carbocycles. The highest BCUT2D eigenvalue weighted by Crippen LogP contribution is 2.15. The van der Waals surface area contributed by atoms with E-state index in [0.717, 1.165) is 18.6 Å². The van der Waals surface area contributed by atoms with Gasteiger partial charge in [-0.25, -0.2) is 0 Å². The number of nitrogens with one attached hydrogen (secondary N) is 1. The van der Waals surface area contributed by atoms with Gasteiger partial charge >= 0.3 is 0 Å². The average molecular weight is 284 g/mol. The molecule has 0 aliphatic heterocycles. The van der Waals surface area contributed by atoms with Gasteiger partial charge in [0.05, 0.1) is 6.54 Å². The number of benzene rings is 1. The van der Waals surface area contributed by atoms with E-state index in [0.29, 0.717) is 30.5 Å². The molecule has 0 aromatic heterocycles. The summed E-state index contributed by atoms with van der Waals surface area (Å²) < 4.78 is 5.49. The highest BCUT2D eigenvalue weighted by atomic mass is 35.5. The lowest BCUT2D eigenvalue weighted by atomic mass is 10.0. The lowest BCUT2D eigenvalue weighted by Gasteiger charge is -2.11. The Hall–Kier alpha value is -1.22. The molecule has 0 aliphatic rings. The number of amides is 1. The number of halogens is 1. The molecule has 1 aromatic carbocycles. The Bertz CT molecular complexity index is 378. The molecule has 0 radical (unpaired) electrons. The second-order valence-electron chi connectivity index (χ2n) is 4.75. The zero-order valence-corrected chi connectivity index (χ0v) is 12.4. The van der Waals surface area contributed by atoms with E-state index in [1.54, 1.807) is 12.1 Å². The van der Waals surface area contributed by atoms with Gasteiger partial charge in [0.15, 0.2) is 0 Å². The molecule has 1 atom stereocenters. The van der Waals surface area contributed by atoms with Gasteiger partial charge in [-0.2, -0.15) is 0 Å². The van der Waals surface area contributed by atoms with Gasteiger partial charge in [-0.3, -0.25) is 4.79 Å². The minimum atomic E-state index is 0.0978. The lowest BCUT2D eigenvalue weighted by molar-refractivity contribution is -0.122. The van der Waals surface area contributed by atoms with Crippen molar-refractivity contribution in [2.75, 3.05) is 13.2 Å². The molecule has 1 amide bonds. The topological polar surface area (TPSA) is 38.3 Å². The SMILES string of the molecule is CCCC(C)CC(=O)NCCOc1ccc(Cl)cc1. The van der Waals surface area contributed by atoms with Gasteiger partial charge in [0.25, 0.3) is 0 Å². The molecule has 3 nitrogen and oxygen atoms in total. The molecule has 1 rings (SSSR count). The van der Waals surface area contributed by atoms with Crippen molar-refractivity contribution in [3.63, 3.8) is 0 Å². The van der Waals surface area contributed by atoms with Gasteiger partial charge in [-0.05, 0) is 30.2 Å². The molecule has 4 heteroatoms. The predicted molar refractivity (Wildman–Crippen MR) is 78.6 cm³/mol. The highest BCUT2D eigenvalue weighted by Gasteiger charge is 2.07. The number of carbonyl (C=O) groups is 1. The molecule has 0 saturated carbocycles. The minimum Gasteiger partial charge on any atom is -0.492 e. The van der Waals surface area contributed by atoms with E-state index >= 15 is 0 Å². The quantitative estimate of drug-likeness (QED) is 0.740. The standard InChI is InChI=1S/C15H22ClNO2/c1-3-4-12(2)11-15(18)17-9-10-19-14-7-5-13(16)6-8-14/h5-8,12H,3-4,9-11H2,1-2H3,(H,17,18). The number of hydrogen-bond acceptors (Lipinski definition) is 2. The van der Waals surface area contributed by atoms with E-state index in [2.05, 4.69) is 19.2 Å². The second kappa shape index (κ2) is 8.81. The second-order valence-corrected chi connectivity index (χ2v) is 5.19. The fraction of sp³-hybridized carbons (Fsp3) is 0.533. The molecule has 0 saturated heterocycles. The molecule has 106 valence electrons. The molecular weight excluding hydrogens is 262 g/mol. The Balaban J connectivity index is 2.13. The summed E-state index contributed by atoms with van der Waals surface area (Å²) in [6.45, 7) is 5.23. The van der Waals surface area contributed by atoms with Crippen LogP contribution in [0.2, 0.25) is 5.02 Å². The third kappa shape index (κ3) is 7.06. The lowest BCUT2D eigenvalue weighted by Crippen LogP contribution is -2.29. The van der Waals surface area contributed by atoms with Crippen LogP contribution in [-0.4, -0.2) is 19.1 Å². The number of ether oxygens (including phenoxy) is 1. The smallest absolute Gasteiger partial charge is 0.220 e. The van der Waals surface area contributed by atoms with Gasteiger partial charge in [0.2, 0.25) is 5.91 Å². The van der Waals surface area contributed by atoms with Crippen molar-refractivity contribution in [3.05, 3.63) is 29.3 Å². The molecule has 1 unspecified atom stereocenters. The van der Waals surface area contributed by atoms with Gasteiger partial charge in [0.1, 0.15) is 12.4 Å². The summed E-state index contributed by atoms with van der Waals surface area (Å²) in [5, 5.41) is 3.55. The summed E-state index contributed by atoms with van der Waals surface area (Å²) in [5.41, 5.74) is 0. The van der Waals surface area contributed by atoms with Crippen molar-refractivity contribution in [2.24, 2.45) is 5.92 Å². The average Bonchev–Trinajstić information content (AvgIpc) is 2.37. The third-order valence-corrected chi connectivity index (χ3v) is 3.07. The van der Waals surface area contributed by atoms with Crippen LogP contribution in [0.1, 0.15) is 33.1 Å². The largest absolute Gasteiger partial charge is 0.492 e. The van der Waals surface area contributed by atoms with Gasteiger partial charge < -0.3 is 10.1 Å². The maximum atomic E-state index is 11.6. The van der Waals surface area contributed by atoms with Crippen molar-refractivity contribution in [2.45, 2.75) is 33.1 Å². The Morgan fingerprint density at radius 1 is 1.37 bits per heavy atom. The number of hydrogen-bond donors (Lipinski definition) is 1. The predicted octanol–water partition coefficient (Wildman–Crippen LogP) is 3.66. The molecule has 0 heterocycles. The van der Waals surface area contributed by atoms with E-state index in [-0.39, 0.29) is 5.91 Å². The van der Waals surface area contributed by atoms with Crippen LogP contribution < -0.4 is 10.1 Å². The number of rotatable bonds is 8. The van der Waals surface area contributed by atoms with Crippen LogP contribution >= 0.6 is 11.6 Å². The molecule has 1 aromatic rings. The van der Waals surface area contributed by atoms with Crippen LogP contribution in [0.4, 0.5) is 0 Å². The first-order chi connectivity index (χ1) is 9.11. The van der Waals surface area contributed by atoms with Gasteiger partial charge in [-0.15, -0.1) is 0 Å². The first kappa shape index (κ1) is 15.8. The van der Waals surface area contributed by atoms with Crippen molar-refractivity contribution in [1.82, 2.24) is 5.32 Å². The summed E-state index contributed by atoms with van der Waals surface area (Å²) in [4.78, 5) is 11.6. The summed E-state index contributed by atoms with van der Waals surface area (Å²) >= 11 is 5.78. The Labute approximate surface area is 120 Å². The van der Waals surface area contributed by atoms with Crippen LogP contribution in [0.3, 0.4) is 0 Å². The van der Waals surface area contributed by atoms with Gasteiger partial charge in [-0.1, -0.05) is 38.3 Å². The monoisotopic (exact) mass is 283 g/mol. The third-order valence-electron chi connectivity index (χ3n) is 2.82. The first-order valence-corrected chi connectivity index (χ1v) is 7.14. The summed E-state index contributed by atoms with van der Waals surface area (Å²) in [7, 11) is 0. The minimum absolute atomic E-state index is 0.0978. The molecule has 19 heavy (non-hydrogen) atoms. The van der Waals surface area contributed by atoms with Crippen LogP contribution in [0, 0.1) is 5.92 Å². The van der Waals surface area contributed by atoms with E-state index < -0.39 is 0 Å². The van der Waals surface area contributed by atoms with Crippen molar-refractivity contribution < 1.29 is 9.53 Å². The summed E-state index contributed by atoms with van der Waals surface area (Å²) in [6, 6.07) is 7.19. The summed E-state index contributed by atoms with van der Waals surface area (Å²) in [5.74, 6) is 1.31. The Morgan fingerprint density at radius 2 is 2.05 bits per heavy atom. The normalized spacial score (nSPS) is 11.9.